The van der Waals surface area contributed by atoms with Crippen LogP contribution < -0.4 is 5.32 Å². The van der Waals surface area contributed by atoms with Gasteiger partial charge in [0.25, 0.3) is 0 Å². The van der Waals surface area contributed by atoms with Gasteiger partial charge in [0.15, 0.2) is 0 Å². The summed E-state index contributed by atoms with van der Waals surface area (Å²) >= 11 is 0. The number of carbonyl (C=O) groups excluding carboxylic acids is 3. The number of nitrogens with zero attached hydrogens (tertiary/aromatic N) is 1. The van der Waals surface area contributed by atoms with Crippen LogP contribution in [0.1, 0.15) is 67.2 Å². The largest absolute Gasteiger partial charge is 0.458 e. The average Bonchev–Trinajstić information content (AvgIpc) is 2.82. The molecule has 0 radical (unpaired) electrons. The van der Waals surface area contributed by atoms with Gasteiger partial charge in [0.05, 0.1) is 0 Å². The lowest BCUT2D eigenvalue weighted by Crippen LogP contribution is -2.58. The highest BCUT2D eigenvalue weighted by Gasteiger charge is 2.47. The van der Waals surface area contributed by atoms with Crippen molar-refractivity contribution in [3.8, 4) is 0 Å². The second kappa shape index (κ2) is 6.84. The molecule has 2 heterocycles. The lowest BCUT2D eigenvalue weighted by molar-refractivity contribution is -0.165. The third kappa shape index (κ3) is 5.09. The number of fused-ring (bicyclic) bond motifs is 1. The predicted molar refractivity (Wildman–Crippen MR) is 91.9 cm³/mol. The maximum Gasteiger partial charge on any atom is 0.408 e. The van der Waals surface area contributed by atoms with Crippen LogP contribution in [0.5, 0.6) is 0 Å². The third-order valence-electron chi connectivity index (χ3n) is 4.21. The lowest BCUT2D eigenvalue weighted by Gasteiger charge is -2.38. The Kier molecular flexibility index (Phi) is 5.35. The Morgan fingerprint density at radius 1 is 0.960 bits per heavy atom. The summed E-state index contributed by atoms with van der Waals surface area (Å²) in [5, 5.41) is 2.64. The topological polar surface area (TPSA) is 84.9 Å². The molecule has 0 spiro atoms. The van der Waals surface area contributed by atoms with Crippen LogP contribution in [-0.4, -0.2) is 52.2 Å². The molecule has 2 aliphatic rings. The number of hydrogen-bond acceptors (Lipinski definition) is 5. The average molecular weight is 354 g/mol. The number of nitrogens with one attached hydrogen (secondary N) is 1. The Labute approximate surface area is 149 Å². The molecule has 142 valence electrons. The van der Waals surface area contributed by atoms with E-state index in [1.807, 2.05) is 20.8 Å². The number of alkyl carbamates (subject to hydrolysis) is 1. The van der Waals surface area contributed by atoms with Crippen LogP contribution in [0.4, 0.5) is 4.79 Å². The van der Waals surface area contributed by atoms with Crippen LogP contribution in [0.15, 0.2) is 0 Å². The van der Waals surface area contributed by atoms with E-state index in [-0.39, 0.29) is 17.9 Å². The number of hydrogen-bond donors (Lipinski definition) is 1. The van der Waals surface area contributed by atoms with Crippen molar-refractivity contribution in [1.82, 2.24) is 10.2 Å². The zero-order valence-electron chi connectivity index (χ0n) is 16.0. The smallest absolute Gasteiger partial charge is 0.408 e. The third-order valence-corrected chi connectivity index (χ3v) is 4.21. The molecule has 25 heavy (non-hydrogen) atoms. The molecule has 2 saturated heterocycles. The van der Waals surface area contributed by atoms with Crippen molar-refractivity contribution in [3.63, 3.8) is 0 Å². The highest BCUT2D eigenvalue weighted by atomic mass is 16.6. The zero-order valence-corrected chi connectivity index (χ0v) is 16.0. The van der Waals surface area contributed by atoms with Gasteiger partial charge in [-0.05, 0) is 67.2 Å². The minimum atomic E-state index is -0.658. The highest BCUT2D eigenvalue weighted by molar-refractivity contribution is 5.91. The second-order valence-corrected chi connectivity index (χ2v) is 8.80. The summed E-state index contributed by atoms with van der Waals surface area (Å²) < 4.78 is 10.7. The Bertz CT molecular complexity index is 547. The minimum Gasteiger partial charge on any atom is -0.458 e. The second-order valence-electron chi connectivity index (χ2n) is 8.80. The van der Waals surface area contributed by atoms with Crippen molar-refractivity contribution in [1.29, 1.82) is 0 Å². The fourth-order valence-electron chi connectivity index (χ4n) is 3.35. The van der Waals surface area contributed by atoms with Gasteiger partial charge in [-0.25, -0.2) is 9.59 Å². The van der Waals surface area contributed by atoms with Crippen molar-refractivity contribution in [2.45, 2.75) is 96.6 Å². The molecule has 7 nitrogen and oxygen atoms in total. The molecule has 7 heteroatoms. The maximum atomic E-state index is 12.8. The van der Waals surface area contributed by atoms with Crippen LogP contribution >= 0.6 is 0 Å². The Morgan fingerprint density at radius 2 is 1.52 bits per heavy atom. The Hall–Kier alpha value is -1.79. The highest BCUT2D eigenvalue weighted by Crippen LogP contribution is 2.33. The normalized spacial score (nSPS) is 26.9. The molecule has 0 aromatic rings. The summed E-state index contributed by atoms with van der Waals surface area (Å²) in [4.78, 5) is 38.9. The van der Waals surface area contributed by atoms with E-state index in [0.29, 0.717) is 12.8 Å². The molecule has 3 atom stereocenters. The molecule has 2 aliphatic heterocycles. The SMILES string of the molecule is CC(C)(C)OC(=O)N[C@H]1CC[C@H]2CC[C@@H](C(=O)OC(C)(C)C)N2C1=O. The van der Waals surface area contributed by atoms with E-state index in [1.54, 1.807) is 25.7 Å². The lowest BCUT2D eigenvalue weighted by atomic mass is 9.98. The van der Waals surface area contributed by atoms with E-state index in [2.05, 4.69) is 5.32 Å². The van der Waals surface area contributed by atoms with Crippen molar-refractivity contribution >= 4 is 18.0 Å². The first-order valence-corrected chi connectivity index (χ1v) is 8.92. The summed E-state index contributed by atoms with van der Waals surface area (Å²) in [7, 11) is 0. The molecular weight excluding hydrogens is 324 g/mol. The molecule has 2 fully saturated rings. The first kappa shape index (κ1) is 19.5. The van der Waals surface area contributed by atoms with Crippen LogP contribution in [0.2, 0.25) is 0 Å². The van der Waals surface area contributed by atoms with Gasteiger partial charge in [0, 0.05) is 6.04 Å². The Morgan fingerprint density at radius 3 is 2.08 bits per heavy atom. The molecule has 0 aliphatic carbocycles. The van der Waals surface area contributed by atoms with E-state index < -0.39 is 29.4 Å². The molecule has 0 bridgehead atoms. The summed E-state index contributed by atoms with van der Waals surface area (Å²) in [5.74, 6) is -0.600. The van der Waals surface area contributed by atoms with Crippen molar-refractivity contribution < 1.29 is 23.9 Å². The number of rotatable bonds is 2. The van der Waals surface area contributed by atoms with Gasteiger partial charge in [-0.15, -0.1) is 0 Å². The van der Waals surface area contributed by atoms with Gasteiger partial charge in [-0.3, -0.25) is 4.79 Å². The van der Waals surface area contributed by atoms with Gasteiger partial charge >= 0.3 is 12.1 Å². The van der Waals surface area contributed by atoms with Crippen LogP contribution in [0.25, 0.3) is 0 Å². The fourth-order valence-corrected chi connectivity index (χ4v) is 3.35. The maximum absolute atomic E-state index is 12.8. The fraction of sp³-hybridized carbons (Fsp3) is 0.833. The first-order valence-electron chi connectivity index (χ1n) is 8.92. The van der Waals surface area contributed by atoms with Crippen molar-refractivity contribution in [2.24, 2.45) is 0 Å². The molecule has 0 saturated carbocycles. The number of esters is 1. The van der Waals surface area contributed by atoms with Gasteiger partial charge in [0.1, 0.15) is 23.3 Å². The van der Waals surface area contributed by atoms with Crippen molar-refractivity contribution in [3.05, 3.63) is 0 Å². The van der Waals surface area contributed by atoms with E-state index in [4.69, 9.17) is 9.47 Å². The summed E-state index contributed by atoms with van der Waals surface area (Å²) in [6.45, 7) is 10.7. The molecule has 2 amide bonds. The van der Waals surface area contributed by atoms with E-state index in [0.717, 1.165) is 12.8 Å². The molecule has 1 N–H and O–H groups in total. The molecular formula is C18H30N2O5. The zero-order chi connectivity index (χ0) is 19.0. The summed E-state index contributed by atoms with van der Waals surface area (Å²) in [6.07, 6.45) is 2.09. The number of amides is 2. The first-order chi connectivity index (χ1) is 11.4. The van der Waals surface area contributed by atoms with Crippen LogP contribution in [0.3, 0.4) is 0 Å². The molecule has 0 aromatic heterocycles. The standard InChI is InChI=1S/C18H30N2O5/c1-17(2,3)24-15(22)13-10-8-11-7-9-12(14(21)20(11)13)19-16(23)25-18(4,5)6/h11-13H,7-10H2,1-6H3,(H,19,23)/t11-,12-,13-/m0/s1. The summed E-state index contributed by atoms with van der Waals surface area (Å²) in [6, 6.07) is -1.18. The quantitative estimate of drug-likeness (QED) is 0.770. The monoisotopic (exact) mass is 354 g/mol. The minimum absolute atomic E-state index is 0.0432. The predicted octanol–water partition coefficient (Wildman–Crippen LogP) is 2.37. The number of piperidine rings is 1. The van der Waals surface area contributed by atoms with Gasteiger partial charge in [0.2, 0.25) is 5.91 Å². The summed E-state index contributed by atoms with van der Waals surface area (Å²) in [5.41, 5.74) is -1.22. The van der Waals surface area contributed by atoms with Gasteiger partial charge < -0.3 is 19.7 Å². The van der Waals surface area contributed by atoms with Gasteiger partial charge in [-0.2, -0.15) is 0 Å². The van der Waals surface area contributed by atoms with Crippen LogP contribution in [0, 0.1) is 0 Å². The van der Waals surface area contributed by atoms with E-state index >= 15 is 0 Å². The van der Waals surface area contributed by atoms with E-state index in [1.165, 1.54) is 0 Å². The number of ether oxygens (including phenoxy) is 2. The molecule has 0 aromatic carbocycles. The molecule has 0 unspecified atom stereocenters. The van der Waals surface area contributed by atoms with E-state index in [9.17, 15) is 14.4 Å². The van der Waals surface area contributed by atoms with Gasteiger partial charge in [-0.1, -0.05) is 0 Å². The number of carbonyl (C=O) groups is 3. The molecule has 2 rings (SSSR count). The Balaban J connectivity index is 2.04. The van der Waals surface area contributed by atoms with Crippen molar-refractivity contribution in [2.75, 3.05) is 0 Å². The van der Waals surface area contributed by atoms with Crippen LogP contribution in [-0.2, 0) is 19.1 Å².